The van der Waals surface area contributed by atoms with Crippen molar-refractivity contribution in [1.82, 2.24) is 9.78 Å². The number of nitrogens with zero attached hydrogens (tertiary/aromatic N) is 2. The summed E-state index contributed by atoms with van der Waals surface area (Å²) >= 11 is 0. The van der Waals surface area contributed by atoms with E-state index in [0.29, 0.717) is 11.5 Å². The highest BCUT2D eigenvalue weighted by molar-refractivity contribution is 5.94. The van der Waals surface area contributed by atoms with Gasteiger partial charge in [-0.05, 0) is 13.3 Å². The lowest BCUT2D eigenvalue weighted by atomic mass is 10.1. The Bertz CT molecular complexity index is 441. The Hall–Kier alpha value is -1.52. The number of unbranched alkanes of at least 4 members (excludes halogenated alkanes) is 7. The number of anilines is 1. The maximum atomic E-state index is 11.2. The van der Waals surface area contributed by atoms with Crippen LogP contribution < -0.4 is 5.32 Å². The Morgan fingerprint density at radius 2 is 1.71 bits per heavy atom. The molecule has 0 saturated carbocycles. The van der Waals surface area contributed by atoms with Gasteiger partial charge < -0.3 is 10.4 Å². The molecule has 5 nitrogen and oxygen atoms in total. The van der Waals surface area contributed by atoms with Gasteiger partial charge in [0.25, 0.3) is 0 Å². The first-order valence-electron chi connectivity index (χ1n) is 8.08. The third-order valence-electron chi connectivity index (χ3n) is 3.76. The van der Waals surface area contributed by atoms with E-state index in [1.54, 1.807) is 18.7 Å². The Morgan fingerprint density at radius 1 is 1.14 bits per heavy atom. The lowest BCUT2D eigenvalue weighted by molar-refractivity contribution is 0.0697. The van der Waals surface area contributed by atoms with Gasteiger partial charge in [0.1, 0.15) is 11.4 Å². The first-order valence-corrected chi connectivity index (χ1v) is 8.08. The van der Waals surface area contributed by atoms with Gasteiger partial charge in [-0.2, -0.15) is 5.10 Å². The lowest BCUT2D eigenvalue weighted by Gasteiger charge is -2.08. The van der Waals surface area contributed by atoms with Crippen LogP contribution in [0.3, 0.4) is 0 Å². The van der Waals surface area contributed by atoms with Crippen LogP contribution >= 0.6 is 0 Å². The largest absolute Gasteiger partial charge is 0.477 e. The first-order chi connectivity index (χ1) is 10.1. The molecule has 2 N–H and O–H groups in total. The summed E-state index contributed by atoms with van der Waals surface area (Å²) in [5.74, 6) is -0.304. The fourth-order valence-corrected chi connectivity index (χ4v) is 2.58. The number of aromatic nitrogens is 2. The summed E-state index contributed by atoms with van der Waals surface area (Å²) in [6.07, 6.45) is 10.2. The zero-order valence-electron chi connectivity index (χ0n) is 13.6. The molecule has 0 radical (unpaired) electrons. The molecule has 0 unspecified atom stereocenters. The Balaban J connectivity index is 2.23. The number of carbonyl (C=O) groups is 1. The van der Waals surface area contributed by atoms with E-state index in [4.69, 9.17) is 0 Å². The number of hydrogen-bond acceptors (Lipinski definition) is 3. The zero-order chi connectivity index (χ0) is 15.7. The van der Waals surface area contributed by atoms with Crippen molar-refractivity contribution in [3.8, 4) is 0 Å². The average Bonchev–Trinajstić information content (AvgIpc) is 2.71. The average molecular weight is 295 g/mol. The van der Waals surface area contributed by atoms with Crippen LogP contribution in [0.4, 0.5) is 5.82 Å². The molecule has 0 aliphatic carbocycles. The van der Waals surface area contributed by atoms with Crippen LogP contribution in [0, 0.1) is 6.92 Å². The SMILES string of the molecule is CCCCCCCCCCNc1c(C(=O)O)c(C)nn1C. The standard InChI is InChI=1S/C16H29N3O2/c1-4-5-6-7-8-9-10-11-12-17-15-14(16(20)21)13(2)18-19(15)3/h17H,4-12H2,1-3H3,(H,20,21). The number of carboxylic acids is 1. The second-order valence-corrected chi connectivity index (χ2v) is 5.64. The first kappa shape index (κ1) is 17.5. The monoisotopic (exact) mass is 295 g/mol. The van der Waals surface area contributed by atoms with Gasteiger partial charge in [0, 0.05) is 13.6 Å². The fraction of sp³-hybridized carbons (Fsp3) is 0.750. The highest BCUT2D eigenvalue weighted by Gasteiger charge is 2.18. The van der Waals surface area contributed by atoms with Crippen molar-refractivity contribution in [2.75, 3.05) is 11.9 Å². The van der Waals surface area contributed by atoms with E-state index >= 15 is 0 Å². The summed E-state index contributed by atoms with van der Waals surface area (Å²) in [6, 6.07) is 0. The molecule has 0 spiro atoms. The molecule has 21 heavy (non-hydrogen) atoms. The Kier molecular flexibility index (Phi) is 7.87. The van der Waals surface area contributed by atoms with Crippen LogP contribution in [0.25, 0.3) is 0 Å². The van der Waals surface area contributed by atoms with Crippen molar-refractivity contribution in [2.24, 2.45) is 7.05 Å². The number of rotatable bonds is 11. The van der Waals surface area contributed by atoms with E-state index in [2.05, 4.69) is 17.3 Å². The van der Waals surface area contributed by atoms with E-state index in [-0.39, 0.29) is 5.56 Å². The third-order valence-corrected chi connectivity index (χ3v) is 3.76. The molecule has 0 bridgehead atoms. The number of aromatic carboxylic acids is 1. The second-order valence-electron chi connectivity index (χ2n) is 5.64. The lowest BCUT2D eigenvalue weighted by Crippen LogP contribution is -2.10. The van der Waals surface area contributed by atoms with Gasteiger partial charge in [0.2, 0.25) is 0 Å². The molecule has 1 aromatic heterocycles. The number of aryl methyl sites for hydroxylation is 2. The minimum absolute atomic E-state index is 0.289. The summed E-state index contributed by atoms with van der Waals surface area (Å²) in [5.41, 5.74) is 0.848. The number of hydrogen-bond donors (Lipinski definition) is 2. The second kappa shape index (κ2) is 9.42. The number of carboxylic acid groups (broad SMARTS) is 1. The van der Waals surface area contributed by atoms with Crippen molar-refractivity contribution in [2.45, 2.75) is 65.2 Å². The van der Waals surface area contributed by atoms with E-state index in [9.17, 15) is 9.90 Å². The zero-order valence-corrected chi connectivity index (χ0v) is 13.6. The van der Waals surface area contributed by atoms with Crippen LogP contribution in [0.15, 0.2) is 0 Å². The predicted octanol–water partition coefficient (Wildman–Crippen LogP) is 3.98. The van der Waals surface area contributed by atoms with Gasteiger partial charge >= 0.3 is 5.97 Å². The molecule has 1 rings (SSSR count). The van der Waals surface area contributed by atoms with Crippen LogP contribution in [-0.4, -0.2) is 27.4 Å². The molecule has 0 saturated heterocycles. The molecule has 0 aliphatic rings. The molecular weight excluding hydrogens is 266 g/mol. The van der Waals surface area contributed by atoms with Crippen LogP contribution in [0.1, 0.15) is 74.3 Å². The predicted molar refractivity (Wildman–Crippen MR) is 86.0 cm³/mol. The molecule has 5 heteroatoms. The van der Waals surface area contributed by atoms with Gasteiger partial charge in [0.15, 0.2) is 0 Å². The maximum absolute atomic E-state index is 11.2. The molecule has 0 aliphatic heterocycles. The van der Waals surface area contributed by atoms with Crippen LogP contribution in [-0.2, 0) is 7.05 Å². The normalized spacial score (nSPS) is 10.8. The van der Waals surface area contributed by atoms with E-state index in [0.717, 1.165) is 13.0 Å². The molecule has 0 amide bonds. The molecule has 0 aromatic carbocycles. The Morgan fingerprint density at radius 3 is 2.29 bits per heavy atom. The summed E-state index contributed by atoms with van der Waals surface area (Å²) in [7, 11) is 1.77. The molecule has 0 atom stereocenters. The van der Waals surface area contributed by atoms with E-state index in [1.165, 1.54) is 44.9 Å². The molecule has 1 heterocycles. The van der Waals surface area contributed by atoms with Crippen molar-refractivity contribution < 1.29 is 9.90 Å². The summed E-state index contributed by atoms with van der Waals surface area (Å²) in [4.78, 5) is 11.2. The van der Waals surface area contributed by atoms with Gasteiger partial charge in [-0.25, -0.2) is 4.79 Å². The maximum Gasteiger partial charge on any atom is 0.341 e. The molecule has 0 fully saturated rings. The topological polar surface area (TPSA) is 67.2 Å². The number of nitrogens with one attached hydrogen (secondary N) is 1. The van der Waals surface area contributed by atoms with Crippen LogP contribution in [0.5, 0.6) is 0 Å². The van der Waals surface area contributed by atoms with Crippen molar-refractivity contribution >= 4 is 11.8 Å². The molecular formula is C16H29N3O2. The highest BCUT2D eigenvalue weighted by atomic mass is 16.4. The summed E-state index contributed by atoms with van der Waals surface area (Å²) < 4.78 is 1.61. The highest BCUT2D eigenvalue weighted by Crippen LogP contribution is 2.18. The summed E-state index contributed by atoms with van der Waals surface area (Å²) in [5, 5.41) is 16.6. The molecule has 1 aromatic rings. The van der Waals surface area contributed by atoms with Crippen molar-refractivity contribution in [3.05, 3.63) is 11.3 Å². The minimum atomic E-state index is -0.918. The van der Waals surface area contributed by atoms with Gasteiger partial charge in [0.05, 0.1) is 5.69 Å². The van der Waals surface area contributed by atoms with Crippen LogP contribution in [0.2, 0.25) is 0 Å². The summed E-state index contributed by atoms with van der Waals surface area (Å²) in [6.45, 7) is 4.76. The fourth-order valence-electron chi connectivity index (χ4n) is 2.58. The van der Waals surface area contributed by atoms with Crippen molar-refractivity contribution in [3.63, 3.8) is 0 Å². The van der Waals surface area contributed by atoms with Gasteiger partial charge in [-0.15, -0.1) is 0 Å². The minimum Gasteiger partial charge on any atom is -0.477 e. The van der Waals surface area contributed by atoms with Crippen molar-refractivity contribution in [1.29, 1.82) is 0 Å². The van der Waals surface area contributed by atoms with E-state index < -0.39 is 5.97 Å². The van der Waals surface area contributed by atoms with E-state index in [1.807, 2.05) is 0 Å². The van der Waals surface area contributed by atoms with Gasteiger partial charge in [-0.1, -0.05) is 51.9 Å². The molecule has 120 valence electrons. The van der Waals surface area contributed by atoms with Gasteiger partial charge in [-0.3, -0.25) is 4.68 Å². The Labute approximate surface area is 127 Å². The third kappa shape index (κ3) is 5.78. The smallest absolute Gasteiger partial charge is 0.341 e. The quantitative estimate of drug-likeness (QED) is 0.606.